The van der Waals surface area contributed by atoms with Gasteiger partial charge in [0.1, 0.15) is 5.52 Å². The van der Waals surface area contributed by atoms with Gasteiger partial charge < -0.3 is 4.42 Å². The van der Waals surface area contributed by atoms with E-state index in [0.29, 0.717) is 0 Å². The van der Waals surface area contributed by atoms with E-state index in [0.717, 1.165) is 35.4 Å². The number of rotatable bonds is 1. The molecule has 0 spiro atoms. The van der Waals surface area contributed by atoms with Crippen LogP contribution in [-0.4, -0.2) is 4.98 Å². The highest BCUT2D eigenvalue weighted by molar-refractivity contribution is 5.82. The van der Waals surface area contributed by atoms with Gasteiger partial charge in [-0.15, -0.1) is 0 Å². The van der Waals surface area contributed by atoms with Gasteiger partial charge in [0.15, 0.2) is 5.58 Å². The van der Waals surface area contributed by atoms with Crippen molar-refractivity contribution in [3.8, 4) is 0 Å². The Bertz CT molecular complexity index is 750. The van der Waals surface area contributed by atoms with Crippen molar-refractivity contribution in [1.82, 2.24) is 4.98 Å². The van der Waals surface area contributed by atoms with Crippen LogP contribution in [0.25, 0.3) is 16.7 Å². The van der Waals surface area contributed by atoms with Gasteiger partial charge in [0.2, 0.25) is 5.89 Å². The first-order chi connectivity index (χ1) is 9.42. The minimum absolute atomic E-state index is 0.730. The standard InChI is InChI=1S/C17H13NO/c1-2-8-13-12(6-1)7-5-9-14(13)17-18-15-10-3-4-11-16(15)19-17/h1-4,6,8-11H,5,7H2. The van der Waals surface area contributed by atoms with Crippen molar-refractivity contribution in [2.24, 2.45) is 0 Å². The van der Waals surface area contributed by atoms with Crippen molar-refractivity contribution >= 4 is 16.7 Å². The molecule has 1 aromatic heterocycles. The van der Waals surface area contributed by atoms with Gasteiger partial charge >= 0.3 is 0 Å². The Morgan fingerprint density at radius 3 is 2.74 bits per heavy atom. The first-order valence-corrected chi connectivity index (χ1v) is 6.56. The Morgan fingerprint density at radius 1 is 0.947 bits per heavy atom. The summed E-state index contributed by atoms with van der Waals surface area (Å²) in [6.45, 7) is 0. The summed E-state index contributed by atoms with van der Waals surface area (Å²) in [6.07, 6.45) is 4.37. The number of aryl methyl sites for hydroxylation is 1. The maximum Gasteiger partial charge on any atom is 0.227 e. The number of para-hydroxylation sites is 2. The molecule has 0 aliphatic heterocycles. The average molecular weight is 247 g/mol. The second-order valence-corrected chi connectivity index (χ2v) is 4.80. The smallest absolute Gasteiger partial charge is 0.227 e. The summed E-state index contributed by atoms with van der Waals surface area (Å²) >= 11 is 0. The van der Waals surface area contributed by atoms with Crippen LogP contribution in [0.5, 0.6) is 0 Å². The lowest BCUT2D eigenvalue weighted by Gasteiger charge is -2.14. The van der Waals surface area contributed by atoms with Gasteiger partial charge in [-0.3, -0.25) is 0 Å². The van der Waals surface area contributed by atoms with E-state index in [1.165, 1.54) is 11.1 Å². The summed E-state index contributed by atoms with van der Waals surface area (Å²) in [5.74, 6) is 0.730. The van der Waals surface area contributed by atoms with Crippen LogP contribution in [0.4, 0.5) is 0 Å². The van der Waals surface area contributed by atoms with Crippen molar-refractivity contribution < 1.29 is 4.42 Å². The largest absolute Gasteiger partial charge is 0.436 e. The third-order valence-electron chi connectivity index (χ3n) is 3.59. The lowest BCUT2D eigenvalue weighted by atomic mass is 9.91. The number of nitrogens with zero attached hydrogens (tertiary/aromatic N) is 1. The van der Waals surface area contributed by atoms with Gasteiger partial charge in [0.25, 0.3) is 0 Å². The zero-order valence-corrected chi connectivity index (χ0v) is 10.5. The summed E-state index contributed by atoms with van der Waals surface area (Å²) in [4.78, 5) is 4.60. The van der Waals surface area contributed by atoms with E-state index >= 15 is 0 Å². The fourth-order valence-corrected chi connectivity index (χ4v) is 2.67. The van der Waals surface area contributed by atoms with E-state index < -0.39 is 0 Å². The number of allylic oxidation sites excluding steroid dienone is 1. The Labute approximate surface area is 111 Å². The molecule has 0 atom stereocenters. The summed E-state index contributed by atoms with van der Waals surface area (Å²) in [5, 5.41) is 0. The van der Waals surface area contributed by atoms with Crippen LogP contribution in [0, 0.1) is 0 Å². The van der Waals surface area contributed by atoms with E-state index in [9.17, 15) is 0 Å². The lowest BCUT2D eigenvalue weighted by molar-refractivity contribution is 0.584. The molecule has 1 aliphatic rings. The van der Waals surface area contributed by atoms with E-state index in [2.05, 4.69) is 35.3 Å². The molecule has 0 N–H and O–H groups in total. The minimum Gasteiger partial charge on any atom is -0.436 e. The molecule has 1 heterocycles. The van der Waals surface area contributed by atoms with Gasteiger partial charge in [0, 0.05) is 5.57 Å². The minimum atomic E-state index is 0.730. The third kappa shape index (κ3) is 1.68. The van der Waals surface area contributed by atoms with E-state index in [4.69, 9.17) is 4.42 Å². The maximum absolute atomic E-state index is 5.88. The second-order valence-electron chi connectivity index (χ2n) is 4.80. The van der Waals surface area contributed by atoms with E-state index in [1.807, 2.05) is 24.3 Å². The number of benzene rings is 2. The fourth-order valence-electron chi connectivity index (χ4n) is 2.67. The number of fused-ring (bicyclic) bond motifs is 2. The summed E-state index contributed by atoms with van der Waals surface area (Å²) in [5.41, 5.74) is 5.52. The number of hydrogen-bond acceptors (Lipinski definition) is 2. The zero-order chi connectivity index (χ0) is 12.7. The molecular formula is C17H13NO. The molecule has 1 aliphatic carbocycles. The highest BCUT2D eigenvalue weighted by Crippen LogP contribution is 2.32. The zero-order valence-electron chi connectivity index (χ0n) is 10.5. The van der Waals surface area contributed by atoms with Crippen molar-refractivity contribution in [1.29, 1.82) is 0 Å². The van der Waals surface area contributed by atoms with Crippen LogP contribution < -0.4 is 0 Å². The van der Waals surface area contributed by atoms with Gasteiger partial charge in [-0.25, -0.2) is 4.98 Å². The van der Waals surface area contributed by atoms with Crippen LogP contribution in [-0.2, 0) is 6.42 Å². The number of oxazole rings is 1. The lowest BCUT2D eigenvalue weighted by Crippen LogP contribution is -2.00. The average Bonchev–Trinajstić information content (AvgIpc) is 2.90. The Hall–Kier alpha value is -2.35. The molecule has 0 fully saturated rings. The van der Waals surface area contributed by atoms with Gasteiger partial charge in [0.05, 0.1) is 0 Å². The molecule has 0 saturated carbocycles. The highest BCUT2D eigenvalue weighted by atomic mass is 16.3. The molecule has 0 bridgehead atoms. The topological polar surface area (TPSA) is 26.0 Å². The molecule has 2 heteroatoms. The molecular weight excluding hydrogens is 234 g/mol. The number of hydrogen-bond donors (Lipinski definition) is 0. The summed E-state index contributed by atoms with van der Waals surface area (Å²) in [6, 6.07) is 16.4. The Kier molecular flexibility index (Phi) is 2.27. The first kappa shape index (κ1) is 10.6. The summed E-state index contributed by atoms with van der Waals surface area (Å²) < 4.78 is 5.88. The van der Waals surface area contributed by atoms with Crippen LogP contribution in [0.2, 0.25) is 0 Å². The molecule has 0 saturated heterocycles. The fraction of sp³-hybridized carbons (Fsp3) is 0.118. The molecule has 4 rings (SSSR count). The van der Waals surface area contributed by atoms with Crippen LogP contribution in [0.15, 0.2) is 59.0 Å². The van der Waals surface area contributed by atoms with Crippen molar-refractivity contribution in [2.45, 2.75) is 12.8 Å². The first-order valence-electron chi connectivity index (χ1n) is 6.56. The molecule has 92 valence electrons. The SMILES string of the molecule is C1=C(c2nc3ccccc3o2)c2ccccc2CC1. The van der Waals surface area contributed by atoms with Crippen molar-refractivity contribution in [3.63, 3.8) is 0 Å². The molecule has 2 nitrogen and oxygen atoms in total. The molecule has 3 aromatic rings. The van der Waals surface area contributed by atoms with Crippen LogP contribution >= 0.6 is 0 Å². The highest BCUT2D eigenvalue weighted by Gasteiger charge is 2.17. The predicted molar refractivity (Wildman–Crippen MR) is 75.9 cm³/mol. The molecule has 0 unspecified atom stereocenters. The van der Waals surface area contributed by atoms with E-state index in [1.54, 1.807) is 0 Å². The maximum atomic E-state index is 5.88. The predicted octanol–water partition coefficient (Wildman–Crippen LogP) is 4.21. The third-order valence-corrected chi connectivity index (χ3v) is 3.59. The Balaban J connectivity index is 1.90. The quantitative estimate of drug-likeness (QED) is 0.644. The monoisotopic (exact) mass is 247 g/mol. The van der Waals surface area contributed by atoms with Crippen LogP contribution in [0.3, 0.4) is 0 Å². The molecule has 0 radical (unpaired) electrons. The second kappa shape index (κ2) is 4.09. The molecule has 19 heavy (non-hydrogen) atoms. The Morgan fingerprint density at radius 2 is 1.79 bits per heavy atom. The van der Waals surface area contributed by atoms with Gasteiger partial charge in [-0.2, -0.15) is 0 Å². The molecule has 2 aromatic carbocycles. The van der Waals surface area contributed by atoms with Gasteiger partial charge in [-0.1, -0.05) is 42.5 Å². The van der Waals surface area contributed by atoms with Crippen molar-refractivity contribution in [2.75, 3.05) is 0 Å². The number of aromatic nitrogens is 1. The van der Waals surface area contributed by atoms with Crippen LogP contribution in [0.1, 0.15) is 23.4 Å². The van der Waals surface area contributed by atoms with Crippen molar-refractivity contribution in [3.05, 3.63) is 71.6 Å². The molecule has 0 amide bonds. The van der Waals surface area contributed by atoms with Gasteiger partial charge in [-0.05, 0) is 36.1 Å². The van der Waals surface area contributed by atoms with E-state index in [-0.39, 0.29) is 0 Å². The summed E-state index contributed by atoms with van der Waals surface area (Å²) in [7, 11) is 0. The normalized spacial score (nSPS) is 14.2.